The van der Waals surface area contributed by atoms with E-state index in [-0.39, 0.29) is 32.0 Å². The van der Waals surface area contributed by atoms with Crippen LogP contribution in [-0.4, -0.2) is 39.1 Å². The van der Waals surface area contributed by atoms with Gasteiger partial charge in [0.15, 0.2) is 0 Å². The van der Waals surface area contributed by atoms with Gasteiger partial charge in [0.25, 0.3) is 11.8 Å². The first-order valence-corrected chi connectivity index (χ1v) is 13.9. The minimum Gasteiger partial charge on any atom is -0.288 e. The molecule has 194 valence electrons. The number of benzene rings is 4. The predicted molar refractivity (Wildman–Crippen MR) is 134 cm³/mol. The van der Waals surface area contributed by atoms with Crippen molar-refractivity contribution in [1.29, 1.82) is 0 Å². The quantitative estimate of drug-likeness (QED) is 0.200. The van der Waals surface area contributed by atoms with Gasteiger partial charge in [0.1, 0.15) is 0 Å². The highest BCUT2D eigenvalue weighted by Gasteiger charge is 2.28. The second-order valence-corrected chi connectivity index (χ2v) is 11.8. The van der Waals surface area contributed by atoms with Gasteiger partial charge in [-0.15, -0.1) is 0 Å². The minimum absolute atomic E-state index is 0.105. The Balaban J connectivity index is 1.96. The molecule has 0 heterocycles. The van der Waals surface area contributed by atoms with Crippen LogP contribution in [0.4, 0.5) is 0 Å². The van der Waals surface area contributed by atoms with Gasteiger partial charge in [0, 0.05) is 0 Å². The molecule has 0 spiro atoms. The average Bonchev–Trinajstić information content (AvgIpc) is 2.96. The number of nitrogens with one attached hydrogen (secondary N) is 2. The molecule has 0 unspecified atom stereocenters. The van der Waals surface area contributed by atoms with Crippen LogP contribution in [0.3, 0.4) is 0 Å². The molecular weight excluding hydrogens is 532 g/mol. The molecule has 0 aromatic heterocycles. The van der Waals surface area contributed by atoms with Crippen LogP contribution >= 0.6 is 0 Å². The van der Waals surface area contributed by atoms with E-state index in [1.807, 2.05) is 0 Å². The summed E-state index contributed by atoms with van der Waals surface area (Å²) < 4.78 is 53.7. The van der Waals surface area contributed by atoms with Crippen molar-refractivity contribution in [2.75, 3.05) is 0 Å². The van der Waals surface area contributed by atoms with Crippen LogP contribution in [0.2, 0.25) is 0 Å². The summed E-state index contributed by atoms with van der Waals surface area (Å²) in [6, 6.07) is 22.1. The highest BCUT2D eigenvalue weighted by atomic mass is 32.2. The second kappa shape index (κ2) is 10.6. The molecule has 0 saturated heterocycles. The molecule has 10 nitrogen and oxygen atoms in total. The van der Waals surface area contributed by atoms with Crippen LogP contribution in [0.15, 0.2) is 117 Å². The van der Waals surface area contributed by atoms with Gasteiger partial charge in [-0.25, -0.2) is 27.8 Å². The summed E-state index contributed by atoms with van der Waals surface area (Å²) in [6.07, 6.45) is 0. The third-order valence-electron chi connectivity index (χ3n) is 5.67. The first-order chi connectivity index (χ1) is 18.1. The normalized spacial score (nSPS) is 11.5. The Bertz CT molecular complexity index is 1610. The van der Waals surface area contributed by atoms with Crippen LogP contribution < -0.4 is 11.0 Å². The van der Waals surface area contributed by atoms with E-state index >= 15 is 0 Å². The van der Waals surface area contributed by atoms with Crippen molar-refractivity contribution in [3.05, 3.63) is 108 Å². The molecule has 4 rings (SSSR count). The first-order valence-electron chi connectivity index (χ1n) is 10.9. The predicted octanol–water partition coefficient (Wildman–Crippen LogP) is 3.26. The van der Waals surface area contributed by atoms with E-state index < -0.39 is 41.3 Å². The average molecular weight is 553 g/mol. The van der Waals surface area contributed by atoms with Gasteiger partial charge in [0.05, 0.1) is 30.7 Å². The lowest BCUT2D eigenvalue weighted by Gasteiger charge is -2.14. The highest BCUT2D eigenvalue weighted by molar-refractivity contribution is 7.92. The molecule has 2 amide bonds. The summed E-state index contributed by atoms with van der Waals surface area (Å²) in [7, 11) is -8.50. The van der Waals surface area contributed by atoms with Gasteiger partial charge in [0.2, 0.25) is 19.7 Å². The van der Waals surface area contributed by atoms with Crippen LogP contribution in [0.1, 0.15) is 20.7 Å². The summed E-state index contributed by atoms with van der Waals surface area (Å²) in [6.45, 7) is 0. The van der Waals surface area contributed by atoms with E-state index in [4.69, 9.17) is 10.4 Å². The van der Waals surface area contributed by atoms with Gasteiger partial charge in [-0.3, -0.25) is 20.0 Å². The summed E-state index contributed by atoms with van der Waals surface area (Å²) >= 11 is 0. The number of sulfone groups is 2. The zero-order valence-corrected chi connectivity index (χ0v) is 21.0. The summed E-state index contributed by atoms with van der Waals surface area (Å²) in [5.41, 5.74) is 2.58. The third-order valence-corrected chi connectivity index (χ3v) is 9.29. The molecule has 4 aromatic carbocycles. The number of hydrogen-bond donors (Lipinski definition) is 4. The minimum atomic E-state index is -4.25. The molecule has 0 atom stereocenters. The maximum absolute atomic E-state index is 13.4. The van der Waals surface area contributed by atoms with Gasteiger partial charge in [-0.2, -0.15) is 0 Å². The molecule has 4 aromatic rings. The number of hydroxylamine groups is 2. The highest BCUT2D eigenvalue weighted by Crippen LogP contribution is 2.33. The van der Waals surface area contributed by atoms with Crippen molar-refractivity contribution in [3.8, 4) is 11.1 Å². The van der Waals surface area contributed by atoms with E-state index in [0.29, 0.717) is 0 Å². The Labute approximate surface area is 218 Å². The molecule has 0 radical (unpaired) electrons. The monoisotopic (exact) mass is 552 g/mol. The number of hydrogen-bond acceptors (Lipinski definition) is 8. The molecular formula is C26H20N2O8S2. The fourth-order valence-corrected chi connectivity index (χ4v) is 6.80. The number of carbonyl (C=O) groups excluding carboxylic acids is 2. The molecule has 4 N–H and O–H groups in total. The zero-order valence-electron chi connectivity index (χ0n) is 19.4. The summed E-state index contributed by atoms with van der Waals surface area (Å²) in [5, 5.41) is 18.3. The van der Waals surface area contributed by atoms with Crippen LogP contribution in [0.5, 0.6) is 0 Å². The zero-order chi connectivity index (χ0) is 27.5. The van der Waals surface area contributed by atoms with E-state index in [1.54, 1.807) is 12.1 Å². The van der Waals surface area contributed by atoms with E-state index in [9.17, 15) is 26.4 Å². The molecule has 0 saturated carbocycles. The Hall–Kier alpha value is -4.36. The first kappa shape index (κ1) is 26.7. The van der Waals surface area contributed by atoms with Gasteiger partial charge >= 0.3 is 0 Å². The number of amides is 2. The summed E-state index contributed by atoms with van der Waals surface area (Å²) in [5.74, 6) is -2.12. The standard InChI is InChI=1S/C26H20N2O8S2/c29-25(27-31)21-13-11-17(15-23(21)37(33,34)19-7-3-1-4-8-19)18-12-14-22(26(30)28-32)24(16-18)38(35,36)20-9-5-2-6-10-20/h1-16,31-32H,(H,27,29)(H,28,30). The van der Waals surface area contributed by atoms with Gasteiger partial charge in [-0.1, -0.05) is 48.5 Å². The second-order valence-electron chi connectivity index (χ2n) is 7.94. The molecule has 0 fully saturated rings. The summed E-state index contributed by atoms with van der Waals surface area (Å²) in [4.78, 5) is 23.5. The largest absolute Gasteiger partial charge is 0.288 e. The van der Waals surface area contributed by atoms with E-state index in [1.165, 1.54) is 95.9 Å². The van der Waals surface area contributed by atoms with Gasteiger partial charge in [-0.05, 0) is 59.7 Å². The molecule has 0 bridgehead atoms. The lowest BCUT2D eigenvalue weighted by molar-refractivity contribution is 0.0698. The molecule has 12 heteroatoms. The van der Waals surface area contributed by atoms with Crippen LogP contribution in [-0.2, 0) is 19.7 Å². The molecule has 38 heavy (non-hydrogen) atoms. The number of rotatable bonds is 7. The smallest absolute Gasteiger partial charge is 0.275 e. The Morgan fingerprint density at radius 2 is 0.868 bits per heavy atom. The topological polar surface area (TPSA) is 167 Å². The van der Waals surface area contributed by atoms with Crippen LogP contribution in [0.25, 0.3) is 11.1 Å². The molecule has 0 aliphatic rings. The van der Waals surface area contributed by atoms with Crippen molar-refractivity contribution in [1.82, 2.24) is 11.0 Å². The van der Waals surface area contributed by atoms with Crippen molar-refractivity contribution in [2.45, 2.75) is 19.6 Å². The molecule has 0 aliphatic heterocycles. The van der Waals surface area contributed by atoms with E-state index in [0.717, 1.165) is 0 Å². The van der Waals surface area contributed by atoms with Gasteiger partial charge < -0.3 is 0 Å². The van der Waals surface area contributed by atoms with Crippen LogP contribution in [0, 0.1) is 0 Å². The number of carbonyl (C=O) groups is 2. The maximum Gasteiger partial charge on any atom is 0.275 e. The Morgan fingerprint density at radius 3 is 1.18 bits per heavy atom. The lowest BCUT2D eigenvalue weighted by Crippen LogP contribution is -2.22. The third kappa shape index (κ3) is 4.93. The fraction of sp³-hybridized carbons (Fsp3) is 0. The fourth-order valence-electron chi connectivity index (χ4n) is 3.80. The van der Waals surface area contributed by atoms with Crippen molar-refractivity contribution in [2.24, 2.45) is 0 Å². The maximum atomic E-state index is 13.4. The molecule has 0 aliphatic carbocycles. The van der Waals surface area contributed by atoms with E-state index in [2.05, 4.69) is 0 Å². The SMILES string of the molecule is O=C(NO)c1ccc(-c2ccc(C(=O)NO)c(S(=O)(=O)c3ccccc3)c2)cc1S(=O)(=O)c1ccccc1. The van der Waals surface area contributed by atoms with Crippen molar-refractivity contribution >= 4 is 31.5 Å². The Kier molecular flexibility index (Phi) is 7.41. The van der Waals surface area contributed by atoms with Crippen molar-refractivity contribution < 1.29 is 36.8 Å². The van der Waals surface area contributed by atoms with Crippen molar-refractivity contribution in [3.63, 3.8) is 0 Å². The Morgan fingerprint density at radius 1 is 0.526 bits per heavy atom. The lowest BCUT2D eigenvalue weighted by atomic mass is 10.0.